The van der Waals surface area contributed by atoms with Crippen LogP contribution in [0.3, 0.4) is 0 Å². The molecule has 0 radical (unpaired) electrons. The highest BCUT2D eigenvalue weighted by Crippen LogP contribution is 2.15. The molecule has 0 heterocycles. The van der Waals surface area contributed by atoms with Gasteiger partial charge in [-0.25, -0.2) is 0 Å². The molecule has 5 heteroatoms. The first-order valence-electron chi connectivity index (χ1n) is 21.8. The Bertz CT molecular complexity index is 915. The van der Waals surface area contributed by atoms with Crippen LogP contribution in [0.15, 0.2) is 60.8 Å². The normalized spacial score (nSPS) is 12.8. The van der Waals surface area contributed by atoms with E-state index in [4.69, 9.17) is 9.47 Å². The van der Waals surface area contributed by atoms with Gasteiger partial charge in [0.15, 0.2) is 6.10 Å². The number of aliphatic hydroxyl groups excluding tert-OH is 1. The molecule has 300 valence electrons. The Morgan fingerprint density at radius 2 is 0.827 bits per heavy atom. The minimum Gasteiger partial charge on any atom is -0.462 e. The van der Waals surface area contributed by atoms with Crippen LogP contribution in [0.1, 0.15) is 206 Å². The fourth-order valence-corrected chi connectivity index (χ4v) is 6.05. The molecule has 0 saturated heterocycles. The van der Waals surface area contributed by atoms with E-state index in [1.165, 1.54) is 103 Å². The van der Waals surface area contributed by atoms with Crippen LogP contribution >= 0.6 is 0 Å². The van der Waals surface area contributed by atoms with Crippen molar-refractivity contribution >= 4 is 11.9 Å². The van der Waals surface area contributed by atoms with Gasteiger partial charge >= 0.3 is 11.9 Å². The highest BCUT2D eigenvalue weighted by Gasteiger charge is 2.16. The van der Waals surface area contributed by atoms with Crippen LogP contribution in [0.4, 0.5) is 0 Å². The molecule has 52 heavy (non-hydrogen) atoms. The molecular weight excluding hydrogens is 645 g/mol. The van der Waals surface area contributed by atoms with Gasteiger partial charge in [-0.05, 0) is 57.8 Å². The number of allylic oxidation sites excluding steroid dienone is 10. The molecule has 5 nitrogen and oxygen atoms in total. The summed E-state index contributed by atoms with van der Waals surface area (Å²) in [4.78, 5) is 24.3. The van der Waals surface area contributed by atoms with E-state index in [9.17, 15) is 14.7 Å². The monoisotopic (exact) mass is 727 g/mol. The molecule has 0 aliphatic rings. The van der Waals surface area contributed by atoms with E-state index in [0.29, 0.717) is 12.8 Å². The van der Waals surface area contributed by atoms with Gasteiger partial charge in [0.05, 0.1) is 6.61 Å². The lowest BCUT2D eigenvalue weighted by Crippen LogP contribution is -2.28. The predicted octanol–water partition coefficient (Wildman–Crippen LogP) is 14.0. The number of esters is 2. The zero-order chi connectivity index (χ0) is 37.8. The van der Waals surface area contributed by atoms with Gasteiger partial charge in [-0.2, -0.15) is 0 Å². The van der Waals surface area contributed by atoms with Crippen molar-refractivity contribution in [3.8, 4) is 0 Å². The van der Waals surface area contributed by atoms with E-state index < -0.39 is 6.10 Å². The van der Waals surface area contributed by atoms with Gasteiger partial charge in [-0.3, -0.25) is 9.59 Å². The summed E-state index contributed by atoms with van der Waals surface area (Å²) in [5.41, 5.74) is 0. The van der Waals surface area contributed by atoms with Crippen LogP contribution in [-0.2, 0) is 19.1 Å². The third-order valence-corrected chi connectivity index (χ3v) is 9.33. The highest BCUT2D eigenvalue weighted by molar-refractivity contribution is 5.70. The fourth-order valence-electron chi connectivity index (χ4n) is 6.05. The Labute approximate surface area is 321 Å². The largest absolute Gasteiger partial charge is 0.462 e. The summed E-state index contributed by atoms with van der Waals surface area (Å²) >= 11 is 0. The lowest BCUT2D eigenvalue weighted by Gasteiger charge is -2.15. The third kappa shape index (κ3) is 40.4. The van der Waals surface area contributed by atoms with Crippen LogP contribution in [0.25, 0.3) is 0 Å². The summed E-state index contributed by atoms with van der Waals surface area (Å²) in [6.45, 7) is 4.01. The smallest absolute Gasteiger partial charge is 0.306 e. The number of aliphatic hydroxyl groups is 1. The Morgan fingerprint density at radius 1 is 0.462 bits per heavy atom. The molecule has 1 N–H and O–H groups in total. The topological polar surface area (TPSA) is 72.8 Å². The molecule has 0 aliphatic carbocycles. The van der Waals surface area contributed by atoms with Gasteiger partial charge in [0.25, 0.3) is 0 Å². The number of carbonyl (C=O) groups is 2. The van der Waals surface area contributed by atoms with Crippen molar-refractivity contribution in [3.63, 3.8) is 0 Å². The van der Waals surface area contributed by atoms with Crippen LogP contribution < -0.4 is 0 Å². The molecule has 0 rings (SSSR count). The Kier molecular flexibility index (Phi) is 41.0. The summed E-state index contributed by atoms with van der Waals surface area (Å²) in [5.74, 6) is -0.625. The summed E-state index contributed by atoms with van der Waals surface area (Å²) < 4.78 is 10.6. The van der Waals surface area contributed by atoms with Crippen LogP contribution in [0.5, 0.6) is 0 Å². The zero-order valence-corrected chi connectivity index (χ0v) is 34.1. The van der Waals surface area contributed by atoms with Gasteiger partial charge in [-0.15, -0.1) is 0 Å². The molecule has 0 fully saturated rings. The molecule has 0 spiro atoms. The zero-order valence-electron chi connectivity index (χ0n) is 34.1. The van der Waals surface area contributed by atoms with Crippen molar-refractivity contribution < 1.29 is 24.2 Å². The quantitative estimate of drug-likeness (QED) is 0.0388. The summed E-state index contributed by atoms with van der Waals surface area (Å²) in [6.07, 6.45) is 55.8. The van der Waals surface area contributed by atoms with Gasteiger partial charge in [0.1, 0.15) is 6.61 Å². The van der Waals surface area contributed by atoms with Crippen molar-refractivity contribution in [1.82, 2.24) is 0 Å². The second-order valence-electron chi connectivity index (χ2n) is 14.4. The maximum absolute atomic E-state index is 12.2. The van der Waals surface area contributed by atoms with Crippen molar-refractivity contribution in [1.29, 1.82) is 0 Å². The van der Waals surface area contributed by atoms with E-state index >= 15 is 0 Å². The Morgan fingerprint density at radius 3 is 1.25 bits per heavy atom. The number of hydrogen-bond donors (Lipinski definition) is 1. The molecular formula is C47H82O5. The van der Waals surface area contributed by atoms with Crippen LogP contribution in [-0.4, -0.2) is 36.4 Å². The maximum atomic E-state index is 12.2. The predicted molar refractivity (Wildman–Crippen MR) is 223 cm³/mol. The van der Waals surface area contributed by atoms with E-state index in [0.717, 1.165) is 77.0 Å². The second-order valence-corrected chi connectivity index (χ2v) is 14.4. The number of hydrogen-bond acceptors (Lipinski definition) is 5. The van der Waals surface area contributed by atoms with E-state index in [1.54, 1.807) is 0 Å². The number of ether oxygens (including phenoxy) is 2. The number of rotatable bonds is 39. The number of unbranched alkanes of at least 4 members (excludes halogenated alkanes) is 21. The van der Waals surface area contributed by atoms with E-state index in [2.05, 4.69) is 74.6 Å². The van der Waals surface area contributed by atoms with Crippen molar-refractivity contribution in [3.05, 3.63) is 60.8 Å². The molecule has 1 atom stereocenters. The lowest BCUT2D eigenvalue weighted by atomic mass is 10.0. The minimum absolute atomic E-state index is 0.0791. The molecule has 0 aliphatic heterocycles. The van der Waals surface area contributed by atoms with Crippen molar-refractivity contribution in [2.45, 2.75) is 213 Å². The molecule has 0 aromatic heterocycles. The Balaban J connectivity index is 3.59. The van der Waals surface area contributed by atoms with Crippen LogP contribution in [0.2, 0.25) is 0 Å². The minimum atomic E-state index is -0.789. The third-order valence-electron chi connectivity index (χ3n) is 9.33. The number of carbonyl (C=O) groups excluding carboxylic acids is 2. The van der Waals surface area contributed by atoms with E-state index in [-0.39, 0.29) is 25.2 Å². The molecule has 0 amide bonds. The highest BCUT2D eigenvalue weighted by atomic mass is 16.6. The fraction of sp³-hybridized carbons (Fsp3) is 0.745. The summed E-state index contributed by atoms with van der Waals surface area (Å²) in [6, 6.07) is 0. The van der Waals surface area contributed by atoms with Gasteiger partial charge in [0.2, 0.25) is 0 Å². The van der Waals surface area contributed by atoms with Crippen LogP contribution in [0, 0.1) is 0 Å². The molecule has 0 aromatic carbocycles. The second kappa shape index (κ2) is 43.0. The van der Waals surface area contributed by atoms with Gasteiger partial charge in [-0.1, -0.05) is 197 Å². The SMILES string of the molecule is CC/C=C\C/C=C\C/C=C\C/C=C\C/C=C\CCCCCC(=O)O[C@@H](CO)COC(=O)CCCCCCCCCCCCCCCCCCCCC. The molecule has 0 saturated carbocycles. The average Bonchev–Trinajstić information content (AvgIpc) is 3.15. The van der Waals surface area contributed by atoms with Gasteiger partial charge in [0, 0.05) is 12.8 Å². The maximum Gasteiger partial charge on any atom is 0.306 e. The molecule has 0 aromatic rings. The standard InChI is InChI=1S/C47H82O5/c1-3-5-7-9-11-13-15-17-19-21-23-25-27-29-31-33-35-37-39-41-46(49)51-44-45(43-48)52-47(50)42-40-38-36-34-32-30-28-26-24-22-20-18-16-14-12-10-8-6-4-2/h6,8,12,14,18,20,24,26,30,32,45,48H,3-5,7,9-11,13,15-17,19,21-23,25,27-29,31,33-44H2,1-2H3/b8-6-,14-12-,20-18-,26-24-,32-30-/t45-/m0/s1. The van der Waals surface area contributed by atoms with Crippen molar-refractivity contribution in [2.75, 3.05) is 13.2 Å². The first kappa shape index (κ1) is 49.6. The first-order chi connectivity index (χ1) is 25.6. The summed E-state index contributed by atoms with van der Waals surface area (Å²) in [7, 11) is 0. The molecule has 0 bridgehead atoms. The van der Waals surface area contributed by atoms with E-state index in [1.807, 2.05) is 0 Å². The first-order valence-corrected chi connectivity index (χ1v) is 21.8. The average molecular weight is 727 g/mol. The van der Waals surface area contributed by atoms with Gasteiger partial charge < -0.3 is 14.6 Å². The lowest BCUT2D eigenvalue weighted by molar-refractivity contribution is -0.161. The van der Waals surface area contributed by atoms with Crippen molar-refractivity contribution in [2.24, 2.45) is 0 Å². The Hall–Kier alpha value is -2.40. The molecule has 0 unspecified atom stereocenters. The summed E-state index contributed by atoms with van der Waals surface area (Å²) in [5, 5.41) is 9.58.